The molecule has 2 aromatic rings. The molecule has 0 saturated carbocycles. The molecule has 1 heterocycles. The van der Waals surface area contributed by atoms with Gasteiger partial charge in [-0.1, -0.05) is 19.1 Å². The van der Waals surface area contributed by atoms with Crippen molar-refractivity contribution in [3.63, 3.8) is 0 Å². The molecule has 3 rings (SSSR count). The number of carbonyl (C=O) groups excluding carboxylic acids is 3. The number of para-hydroxylation sites is 1. The first-order valence-corrected chi connectivity index (χ1v) is 12.1. The van der Waals surface area contributed by atoms with E-state index in [-0.39, 0.29) is 29.7 Å². The Labute approximate surface area is 207 Å². The molecule has 2 atom stereocenters. The van der Waals surface area contributed by atoms with Crippen molar-refractivity contribution in [1.82, 2.24) is 15.5 Å². The molecule has 8 nitrogen and oxygen atoms in total. The molecule has 0 bridgehead atoms. The van der Waals surface area contributed by atoms with Gasteiger partial charge in [0, 0.05) is 24.7 Å². The molecular weight excluding hydrogens is 446 g/mol. The monoisotopic (exact) mass is 481 g/mol. The standard InChI is InChI=1S/C27H35N3O5/c1-5-18(2)28-26(32)24(29-25(31)20-10-12-21(34-3)13-11-20)19-14-16-30(17-15-19)27(33)22-8-6-7-9-23(22)35-4/h6-13,18-19,24H,5,14-17H2,1-4H3,(H,28,32)(H,29,31)/t18-,24+/m1/s1. The number of rotatable bonds is 9. The van der Waals surface area contributed by atoms with Crippen LogP contribution in [0.15, 0.2) is 48.5 Å². The van der Waals surface area contributed by atoms with Gasteiger partial charge in [-0.25, -0.2) is 0 Å². The number of hydrogen-bond donors (Lipinski definition) is 2. The van der Waals surface area contributed by atoms with E-state index in [0.717, 1.165) is 6.42 Å². The van der Waals surface area contributed by atoms with Gasteiger partial charge in [0.1, 0.15) is 17.5 Å². The van der Waals surface area contributed by atoms with Gasteiger partial charge in [-0.2, -0.15) is 0 Å². The molecule has 1 fully saturated rings. The van der Waals surface area contributed by atoms with E-state index in [4.69, 9.17) is 9.47 Å². The summed E-state index contributed by atoms with van der Waals surface area (Å²) in [6.07, 6.45) is 1.99. The Hall–Kier alpha value is -3.55. The highest BCUT2D eigenvalue weighted by Gasteiger charge is 2.35. The first-order valence-electron chi connectivity index (χ1n) is 12.1. The molecule has 188 valence electrons. The topological polar surface area (TPSA) is 97.0 Å². The van der Waals surface area contributed by atoms with E-state index in [1.807, 2.05) is 26.0 Å². The van der Waals surface area contributed by atoms with Crippen LogP contribution in [0.25, 0.3) is 0 Å². The number of likely N-dealkylation sites (tertiary alicyclic amines) is 1. The van der Waals surface area contributed by atoms with Crippen molar-refractivity contribution in [2.45, 2.75) is 45.2 Å². The van der Waals surface area contributed by atoms with Crippen LogP contribution in [0, 0.1) is 5.92 Å². The summed E-state index contributed by atoms with van der Waals surface area (Å²) in [5, 5.41) is 5.95. The van der Waals surface area contributed by atoms with E-state index in [2.05, 4.69) is 10.6 Å². The minimum Gasteiger partial charge on any atom is -0.497 e. The van der Waals surface area contributed by atoms with Crippen LogP contribution < -0.4 is 20.1 Å². The number of hydrogen-bond acceptors (Lipinski definition) is 5. The molecule has 0 spiro atoms. The predicted octanol–water partition coefficient (Wildman–Crippen LogP) is 3.27. The first kappa shape index (κ1) is 26.1. The van der Waals surface area contributed by atoms with E-state index >= 15 is 0 Å². The lowest BCUT2D eigenvalue weighted by Crippen LogP contribution is -2.55. The maximum absolute atomic E-state index is 13.2. The Morgan fingerprint density at radius 2 is 1.63 bits per heavy atom. The number of nitrogens with zero attached hydrogens (tertiary/aromatic N) is 1. The van der Waals surface area contributed by atoms with Gasteiger partial charge < -0.3 is 25.0 Å². The summed E-state index contributed by atoms with van der Waals surface area (Å²) < 4.78 is 10.5. The minimum absolute atomic E-state index is 0.00454. The first-order chi connectivity index (χ1) is 16.9. The molecule has 35 heavy (non-hydrogen) atoms. The Bertz CT molecular complexity index is 1020. The van der Waals surface area contributed by atoms with Crippen LogP contribution in [0.1, 0.15) is 53.8 Å². The van der Waals surface area contributed by atoms with Gasteiger partial charge in [0.25, 0.3) is 11.8 Å². The maximum atomic E-state index is 13.2. The maximum Gasteiger partial charge on any atom is 0.257 e. The van der Waals surface area contributed by atoms with Gasteiger partial charge in [-0.3, -0.25) is 14.4 Å². The Balaban J connectivity index is 1.71. The Morgan fingerprint density at radius 1 is 0.971 bits per heavy atom. The van der Waals surface area contributed by atoms with Crippen molar-refractivity contribution in [2.24, 2.45) is 5.92 Å². The molecule has 0 radical (unpaired) electrons. The van der Waals surface area contributed by atoms with Gasteiger partial charge in [-0.05, 0) is 68.5 Å². The number of ether oxygens (including phenoxy) is 2. The van der Waals surface area contributed by atoms with E-state index in [1.54, 1.807) is 55.5 Å². The largest absolute Gasteiger partial charge is 0.497 e. The van der Waals surface area contributed by atoms with Gasteiger partial charge in [0.05, 0.1) is 19.8 Å². The third-order valence-corrected chi connectivity index (χ3v) is 6.56. The molecule has 2 aromatic carbocycles. The summed E-state index contributed by atoms with van der Waals surface area (Å²) in [6, 6.07) is 13.2. The fourth-order valence-electron chi connectivity index (χ4n) is 4.23. The lowest BCUT2D eigenvalue weighted by Gasteiger charge is -2.36. The molecule has 2 N–H and O–H groups in total. The molecule has 0 unspecified atom stereocenters. The molecule has 0 aromatic heterocycles. The van der Waals surface area contributed by atoms with Crippen LogP contribution in [0.2, 0.25) is 0 Å². The van der Waals surface area contributed by atoms with E-state index in [1.165, 1.54) is 0 Å². The summed E-state index contributed by atoms with van der Waals surface area (Å²) in [7, 11) is 3.11. The zero-order valence-corrected chi connectivity index (χ0v) is 20.9. The summed E-state index contributed by atoms with van der Waals surface area (Å²) in [5.41, 5.74) is 0.975. The van der Waals surface area contributed by atoms with Crippen LogP contribution in [-0.2, 0) is 4.79 Å². The lowest BCUT2D eigenvalue weighted by molar-refractivity contribution is -0.125. The molecule has 0 aliphatic carbocycles. The second-order valence-corrected chi connectivity index (χ2v) is 8.83. The highest BCUT2D eigenvalue weighted by Crippen LogP contribution is 2.26. The van der Waals surface area contributed by atoms with E-state index < -0.39 is 6.04 Å². The summed E-state index contributed by atoms with van der Waals surface area (Å²) in [6.45, 7) is 4.92. The molecular formula is C27H35N3O5. The summed E-state index contributed by atoms with van der Waals surface area (Å²) in [4.78, 5) is 41.0. The van der Waals surface area contributed by atoms with Gasteiger partial charge >= 0.3 is 0 Å². The van der Waals surface area contributed by atoms with E-state index in [9.17, 15) is 14.4 Å². The number of methoxy groups -OCH3 is 2. The lowest BCUT2D eigenvalue weighted by atomic mass is 9.88. The van der Waals surface area contributed by atoms with Gasteiger partial charge in [-0.15, -0.1) is 0 Å². The highest BCUT2D eigenvalue weighted by molar-refractivity contribution is 5.98. The number of piperidine rings is 1. The molecule has 1 aliphatic heterocycles. The molecule has 8 heteroatoms. The third-order valence-electron chi connectivity index (χ3n) is 6.56. The third kappa shape index (κ3) is 6.53. The van der Waals surface area contributed by atoms with E-state index in [0.29, 0.717) is 48.6 Å². The zero-order chi connectivity index (χ0) is 25.4. The fraction of sp³-hybridized carbons (Fsp3) is 0.444. The summed E-state index contributed by atoms with van der Waals surface area (Å²) in [5.74, 6) is 0.490. The smallest absolute Gasteiger partial charge is 0.257 e. The predicted molar refractivity (Wildman–Crippen MR) is 134 cm³/mol. The minimum atomic E-state index is -0.692. The van der Waals surface area contributed by atoms with Crippen LogP contribution in [0.4, 0.5) is 0 Å². The van der Waals surface area contributed by atoms with Crippen molar-refractivity contribution in [2.75, 3.05) is 27.3 Å². The second kappa shape index (κ2) is 12.2. The highest BCUT2D eigenvalue weighted by atomic mass is 16.5. The van der Waals surface area contributed by atoms with Crippen LogP contribution in [0.3, 0.4) is 0 Å². The van der Waals surface area contributed by atoms with Crippen molar-refractivity contribution in [1.29, 1.82) is 0 Å². The molecule has 1 aliphatic rings. The fourth-order valence-corrected chi connectivity index (χ4v) is 4.23. The second-order valence-electron chi connectivity index (χ2n) is 8.83. The Morgan fingerprint density at radius 3 is 2.23 bits per heavy atom. The molecule has 1 saturated heterocycles. The summed E-state index contributed by atoms with van der Waals surface area (Å²) >= 11 is 0. The van der Waals surface area contributed by atoms with Crippen molar-refractivity contribution >= 4 is 17.7 Å². The van der Waals surface area contributed by atoms with Crippen molar-refractivity contribution in [3.05, 3.63) is 59.7 Å². The van der Waals surface area contributed by atoms with Crippen LogP contribution in [0.5, 0.6) is 11.5 Å². The number of amides is 3. The quantitative estimate of drug-likeness (QED) is 0.573. The van der Waals surface area contributed by atoms with Crippen LogP contribution in [-0.4, -0.2) is 62.0 Å². The van der Waals surface area contributed by atoms with Crippen molar-refractivity contribution in [3.8, 4) is 11.5 Å². The number of carbonyl (C=O) groups is 3. The normalized spacial score (nSPS) is 15.6. The zero-order valence-electron chi connectivity index (χ0n) is 20.9. The number of nitrogens with one attached hydrogen (secondary N) is 2. The van der Waals surface area contributed by atoms with Gasteiger partial charge in [0.2, 0.25) is 5.91 Å². The Kier molecular flexibility index (Phi) is 9.11. The van der Waals surface area contributed by atoms with Gasteiger partial charge in [0.15, 0.2) is 0 Å². The average molecular weight is 482 g/mol. The molecule has 3 amide bonds. The average Bonchev–Trinajstić information content (AvgIpc) is 2.91. The van der Waals surface area contributed by atoms with Crippen molar-refractivity contribution < 1.29 is 23.9 Å². The van der Waals surface area contributed by atoms with Crippen LogP contribution >= 0.6 is 0 Å². The number of benzene rings is 2. The SMILES string of the molecule is CC[C@@H](C)NC(=O)[C@@H](NC(=O)c1ccc(OC)cc1)C1CCN(C(=O)c2ccccc2OC)CC1.